The number of hydrogen-bond donors (Lipinski definition) is 1. The molecule has 1 saturated heterocycles. The van der Waals surface area contributed by atoms with Crippen LogP contribution in [0.1, 0.15) is 67.7 Å². The SMILES string of the molecule is CC(C)(C)C1(OC(N)=O)C=C(B2OC(C)(C)C(C)(C)O2)CCC1. The van der Waals surface area contributed by atoms with Crippen LogP contribution in [-0.2, 0) is 14.0 Å². The molecule has 6 heteroatoms. The number of hydrogen-bond acceptors (Lipinski definition) is 4. The van der Waals surface area contributed by atoms with Crippen LogP contribution in [0.5, 0.6) is 0 Å². The van der Waals surface area contributed by atoms with Crippen LogP contribution in [0.2, 0.25) is 0 Å². The van der Waals surface area contributed by atoms with E-state index in [4.69, 9.17) is 19.8 Å². The zero-order valence-electron chi connectivity index (χ0n) is 15.5. The Morgan fingerprint density at radius 1 is 1.22 bits per heavy atom. The Labute approximate surface area is 140 Å². The molecule has 1 aliphatic carbocycles. The van der Waals surface area contributed by atoms with Gasteiger partial charge in [-0.1, -0.05) is 20.8 Å². The molecule has 2 N–H and O–H groups in total. The molecule has 0 spiro atoms. The molecule has 1 fully saturated rings. The van der Waals surface area contributed by atoms with Crippen molar-refractivity contribution in [2.75, 3.05) is 0 Å². The summed E-state index contributed by atoms with van der Waals surface area (Å²) in [6.45, 7) is 14.3. The first-order chi connectivity index (χ1) is 10.3. The summed E-state index contributed by atoms with van der Waals surface area (Å²) in [4.78, 5) is 11.5. The smallest absolute Gasteiger partial charge is 0.438 e. The molecule has 0 aromatic heterocycles. The Morgan fingerprint density at radius 3 is 2.17 bits per heavy atom. The zero-order valence-corrected chi connectivity index (χ0v) is 15.5. The van der Waals surface area contributed by atoms with Gasteiger partial charge in [0, 0.05) is 5.41 Å². The van der Waals surface area contributed by atoms with Crippen molar-refractivity contribution in [2.24, 2.45) is 11.1 Å². The molecule has 0 aromatic rings. The van der Waals surface area contributed by atoms with Crippen molar-refractivity contribution in [3.63, 3.8) is 0 Å². The van der Waals surface area contributed by atoms with E-state index >= 15 is 0 Å². The predicted octanol–water partition coefficient (Wildman–Crippen LogP) is 3.61. The first-order valence-corrected chi connectivity index (χ1v) is 8.35. The van der Waals surface area contributed by atoms with Gasteiger partial charge in [0.25, 0.3) is 0 Å². The Morgan fingerprint density at radius 2 is 1.74 bits per heavy atom. The minimum Gasteiger partial charge on any atom is -0.438 e. The maximum atomic E-state index is 11.5. The number of carbonyl (C=O) groups excluding carboxylic acids is 1. The van der Waals surface area contributed by atoms with E-state index in [9.17, 15) is 4.79 Å². The number of amides is 1. The molecule has 130 valence electrons. The summed E-state index contributed by atoms with van der Waals surface area (Å²) in [5.74, 6) is 0. The highest BCUT2D eigenvalue weighted by Gasteiger charge is 2.54. The highest BCUT2D eigenvalue weighted by molar-refractivity contribution is 6.54. The lowest BCUT2D eigenvalue weighted by molar-refractivity contribution is -0.0373. The maximum absolute atomic E-state index is 11.5. The van der Waals surface area contributed by atoms with Crippen LogP contribution in [0.3, 0.4) is 0 Å². The second kappa shape index (κ2) is 5.52. The lowest BCUT2D eigenvalue weighted by Crippen LogP contribution is -2.49. The van der Waals surface area contributed by atoms with E-state index in [1.165, 1.54) is 0 Å². The van der Waals surface area contributed by atoms with Crippen molar-refractivity contribution in [3.8, 4) is 0 Å². The van der Waals surface area contributed by atoms with Crippen molar-refractivity contribution in [3.05, 3.63) is 11.5 Å². The van der Waals surface area contributed by atoms with Gasteiger partial charge in [-0.15, -0.1) is 0 Å². The maximum Gasteiger partial charge on any atom is 0.490 e. The fraction of sp³-hybridized carbons (Fsp3) is 0.824. The number of allylic oxidation sites excluding steroid dienone is 1. The van der Waals surface area contributed by atoms with Crippen molar-refractivity contribution in [1.29, 1.82) is 0 Å². The topological polar surface area (TPSA) is 70.8 Å². The van der Waals surface area contributed by atoms with Gasteiger partial charge >= 0.3 is 13.2 Å². The van der Waals surface area contributed by atoms with Crippen LogP contribution in [-0.4, -0.2) is 30.0 Å². The van der Waals surface area contributed by atoms with Crippen LogP contribution in [0, 0.1) is 5.41 Å². The van der Waals surface area contributed by atoms with Gasteiger partial charge in [0.05, 0.1) is 11.2 Å². The monoisotopic (exact) mass is 323 g/mol. The third-order valence-corrected chi connectivity index (χ3v) is 5.54. The summed E-state index contributed by atoms with van der Waals surface area (Å²) >= 11 is 0. The normalized spacial score (nSPS) is 30.0. The third-order valence-electron chi connectivity index (χ3n) is 5.54. The van der Waals surface area contributed by atoms with Crippen LogP contribution in [0.15, 0.2) is 11.5 Å². The Hall–Kier alpha value is -1.01. The molecule has 1 aliphatic heterocycles. The minimum atomic E-state index is -0.744. The lowest BCUT2D eigenvalue weighted by atomic mass is 9.63. The quantitative estimate of drug-likeness (QED) is 0.788. The summed E-state index contributed by atoms with van der Waals surface area (Å²) in [5, 5.41) is 0. The Balaban J connectivity index is 2.36. The summed E-state index contributed by atoms with van der Waals surface area (Å²) in [5.41, 5.74) is 4.61. The molecule has 2 aliphatic rings. The van der Waals surface area contributed by atoms with Crippen molar-refractivity contribution in [1.82, 2.24) is 0 Å². The van der Waals surface area contributed by atoms with Crippen molar-refractivity contribution >= 4 is 13.2 Å². The van der Waals surface area contributed by atoms with E-state index in [1.807, 2.05) is 33.8 Å². The number of primary amides is 1. The molecule has 0 saturated carbocycles. The van der Waals surface area contributed by atoms with Crippen molar-refractivity contribution < 1.29 is 18.8 Å². The summed E-state index contributed by atoms with van der Waals surface area (Å²) < 4.78 is 17.9. The summed E-state index contributed by atoms with van der Waals surface area (Å²) in [6.07, 6.45) is 3.80. The second-order valence-corrected chi connectivity index (χ2v) is 8.72. The predicted molar refractivity (Wildman–Crippen MR) is 90.9 cm³/mol. The molecule has 1 atom stereocenters. The first-order valence-electron chi connectivity index (χ1n) is 8.35. The molecular formula is C17H30BNO4. The van der Waals surface area contributed by atoms with Crippen LogP contribution < -0.4 is 5.73 Å². The van der Waals surface area contributed by atoms with E-state index in [0.29, 0.717) is 0 Å². The van der Waals surface area contributed by atoms with Gasteiger partial charge < -0.3 is 19.8 Å². The van der Waals surface area contributed by atoms with Gasteiger partial charge in [-0.25, -0.2) is 4.79 Å². The molecule has 2 rings (SSSR count). The molecule has 23 heavy (non-hydrogen) atoms. The van der Waals surface area contributed by atoms with Crippen LogP contribution in [0.4, 0.5) is 4.79 Å². The second-order valence-electron chi connectivity index (χ2n) is 8.72. The van der Waals surface area contributed by atoms with E-state index < -0.39 is 18.8 Å². The van der Waals surface area contributed by atoms with E-state index in [1.54, 1.807) is 0 Å². The standard InChI is InChI=1S/C17H30BNO4/c1-14(2,3)17(21-13(19)20)10-8-9-12(11-17)18-22-15(4,5)16(6,7)23-18/h11H,8-10H2,1-7H3,(H2,19,20). The van der Waals surface area contributed by atoms with Gasteiger partial charge in [0.1, 0.15) is 5.60 Å². The van der Waals surface area contributed by atoms with Crippen LogP contribution >= 0.6 is 0 Å². The molecule has 0 radical (unpaired) electrons. The van der Waals surface area contributed by atoms with Gasteiger partial charge in [-0.05, 0) is 58.5 Å². The highest BCUT2D eigenvalue weighted by Crippen LogP contribution is 2.46. The Kier molecular flexibility index (Phi) is 4.40. The molecule has 1 heterocycles. The van der Waals surface area contributed by atoms with Crippen molar-refractivity contribution in [2.45, 2.75) is 84.5 Å². The number of ether oxygens (including phenoxy) is 1. The molecule has 1 amide bonds. The Bertz CT molecular complexity index is 505. The summed E-state index contributed by atoms with van der Waals surface area (Å²) in [6, 6.07) is 0. The van der Waals surface area contributed by atoms with Crippen LogP contribution in [0.25, 0.3) is 0 Å². The number of rotatable bonds is 2. The third kappa shape index (κ3) is 3.29. The lowest BCUT2D eigenvalue weighted by Gasteiger charge is -2.44. The summed E-state index contributed by atoms with van der Waals surface area (Å²) in [7, 11) is -0.404. The van der Waals surface area contributed by atoms with E-state index in [-0.39, 0.29) is 16.6 Å². The van der Waals surface area contributed by atoms with Gasteiger partial charge in [-0.2, -0.15) is 0 Å². The molecular weight excluding hydrogens is 293 g/mol. The molecule has 0 bridgehead atoms. The van der Waals surface area contributed by atoms with Gasteiger partial charge in [0.15, 0.2) is 0 Å². The first kappa shape index (κ1) is 18.3. The average molecular weight is 323 g/mol. The number of nitrogens with two attached hydrogens (primary N) is 1. The molecule has 0 aromatic carbocycles. The minimum absolute atomic E-state index is 0.267. The van der Waals surface area contributed by atoms with E-state index in [2.05, 4.69) is 20.8 Å². The average Bonchev–Trinajstić information content (AvgIpc) is 2.56. The van der Waals surface area contributed by atoms with Gasteiger partial charge in [-0.3, -0.25) is 0 Å². The molecule has 5 nitrogen and oxygen atoms in total. The molecule has 1 unspecified atom stereocenters. The van der Waals surface area contributed by atoms with E-state index in [0.717, 1.165) is 24.7 Å². The largest absolute Gasteiger partial charge is 0.490 e. The fourth-order valence-electron chi connectivity index (χ4n) is 3.18. The number of carbonyl (C=O) groups is 1. The zero-order chi connectivity index (χ0) is 17.7. The fourth-order valence-corrected chi connectivity index (χ4v) is 3.18. The van der Waals surface area contributed by atoms with Gasteiger partial charge in [0.2, 0.25) is 0 Å². The highest BCUT2D eigenvalue weighted by atomic mass is 16.7.